The number of carbonyl (C=O) groups excluding carboxylic acids is 1. The topological polar surface area (TPSA) is 135 Å². The highest BCUT2D eigenvalue weighted by Gasteiger charge is 2.44. The maximum Gasteiger partial charge on any atom is 0.306 e. The Morgan fingerprint density at radius 3 is 1.41 bits per heavy atom. The molecule has 6 unspecified atom stereocenters. The lowest BCUT2D eigenvalue weighted by molar-refractivity contribution is -0.305. The lowest BCUT2D eigenvalue weighted by Crippen LogP contribution is -2.59. The largest absolute Gasteiger partial charge is 0.457 e. The van der Waals surface area contributed by atoms with Crippen molar-refractivity contribution in [1.29, 1.82) is 0 Å². The third kappa shape index (κ3) is 33.0. The quantitative estimate of drug-likeness (QED) is 0.0269. The number of aliphatic hydroxyl groups excluding tert-OH is 4. The van der Waals surface area contributed by atoms with Crippen LogP contribution in [-0.4, -0.2) is 89.6 Å². The number of hydrogen-bond donors (Lipinski definition) is 4. The van der Waals surface area contributed by atoms with Gasteiger partial charge in [-0.2, -0.15) is 0 Å². The SMILES string of the molecule is CCCCC/C=C\CCCCCCCC(=O)OC(COCCCCCCCCCCCCCC/C=C\CCCCCCCCCC)COC1OC(CO)C(O)C(O)C1O. The molecule has 0 spiro atoms. The second-order valence-corrected chi connectivity index (χ2v) is 17.3. The van der Waals surface area contributed by atoms with Crippen molar-refractivity contribution in [3.05, 3.63) is 24.3 Å². The fourth-order valence-electron chi connectivity index (χ4n) is 7.66. The Labute approximate surface area is 362 Å². The molecular weight excluding hydrogens is 745 g/mol. The van der Waals surface area contributed by atoms with Crippen LogP contribution >= 0.6 is 0 Å². The molecule has 6 atom stereocenters. The van der Waals surface area contributed by atoms with Gasteiger partial charge < -0.3 is 39.4 Å². The van der Waals surface area contributed by atoms with E-state index in [2.05, 4.69) is 38.2 Å². The molecule has 1 heterocycles. The first-order valence-electron chi connectivity index (χ1n) is 24.9. The number of esters is 1. The Morgan fingerprint density at radius 1 is 0.525 bits per heavy atom. The summed E-state index contributed by atoms with van der Waals surface area (Å²) in [6.45, 7) is 4.55. The molecule has 1 aliphatic heterocycles. The molecule has 1 saturated heterocycles. The van der Waals surface area contributed by atoms with Gasteiger partial charge in [-0.1, -0.05) is 179 Å². The predicted octanol–water partition coefficient (Wildman–Crippen LogP) is 11.8. The van der Waals surface area contributed by atoms with E-state index in [0.717, 1.165) is 44.9 Å². The van der Waals surface area contributed by atoms with Gasteiger partial charge in [-0.05, 0) is 64.2 Å². The van der Waals surface area contributed by atoms with Crippen molar-refractivity contribution in [2.75, 3.05) is 26.4 Å². The number of aliphatic hydroxyl groups is 4. The van der Waals surface area contributed by atoms with E-state index in [1.54, 1.807) is 0 Å². The standard InChI is InChI=1S/C50H94O9/c1-3-5-7-9-11-13-15-17-18-19-20-21-22-23-24-25-26-27-28-30-32-34-36-38-40-56-42-44(43-57-50-49(55)48(54)47(53)45(41-51)59-50)58-46(52)39-37-35-33-31-29-16-14-12-10-8-6-4-2/h12,14,19-20,44-45,47-51,53-55H,3-11,13,15-18,21-43H2,1-2H3/b14-12-,20-19-. The second-order valence-electron chi connectivity index (χ2n) is 17.3. The minimum Gasteiger partial charge on any atom is -0.457 e. The molecule has 0 aromatic heterocycles. The lowest BCUT2D eigenvalue weighted by atomic mass is 9.99. The van der Waals surface area contributed by atoms with Crippen LogP contribution in [0.1, 0.15) is 226 Å². The van der Waals surface area contributed by atoms with Gasteiger partial charge in [0.2, 0.25) is 0 Å². The Bertz CT molecular complexity index is 957. The van der Waals surface area contributed by atoms with Gasteiger partial charge in [0, 0.05) is 13.0 Å². The molecule has 0 radical (unpaired) electrons. The molecule has 59 heavy (non-hydrogen) atoms. The second kappa shape index (κ2) is 42.0. The summed E-state index contributed by atoms with van der Waals surface area (Å²) in [4.78, 5) is 12.8. The van der Waals surface area contributed by atoms with Crippen LogP contribution in [0.5, 0.6) is 0 Å². The van der Waals surface area contributed by atoms with E-state index in [0.29, 0.717) is 13.0 Å². The average Bonchev–Trinajstić information content (AvgIpc) is 3.24. The number of allylic oxidation sites excluding steroid dienone is 4. The molecule has 0 bridgehead atoms. The van der Waals surface area contributed by atoms with E-state index in [1.165, 1.54) is 161 Å². The fraction of sp³-hybridized carbons (Fsp3) is 0.900. The molecule has 0 aromatic rings. The number of ether oxygens (including phenoxy) is 4. The van der Waals surface area contributed by atoms with Crippen LogP contribution in [0.4, 0.5) is 0 Å². The normalized spacial score (nSPS) is 20.3. The zero-order valence-corrected chi connectivity index (χ0v) is 38.3. The Hall–Kier alpha value is -1.33. The summed E-state index contributed by atoms with van der Waals surface area (Å²) in [5.74, 6) is -0.321. The maximum absolute atomic E-state index is 12.8. The summed E-state index contributed by atoms with van der Waals surface area (Å²) in [7, 11) is 0. The summed E-state index contributed by atoms with van der Waals surface area (Å²) in [6.07, 6.45) is 42.2. The van der Waals surface area contributed by atoms with Crippen molar-refractivity contribution in [3.63, 3.8) is 0 Å². The van der Waals surface area contributed by atoms with Crippen LogP contribution in [0, 0.1) is 0 Å². The van der Waals surface area contributed by atoms with Crippen LogP contribution in [-0.2, 0) is 23.7 Å². The molecule has 0 amide bonds. The lowest BCUT2D eigenvalue weighted by Gasteiger charge is -2.39. The molecule has 4 N–H and O–H groups in total. The number of carbonyl (C=O) groups is 1. The minimum atomic E-state index is -1.54. The zero-order valence-electron chi connectivity index (χ0n) is 38.3. The van der Waals surface area contributed by atoms with Crippen molar-refractivity contribution in [1.82, 2.24) is 0 Å². The number of rotatable bonds is 43. The summed E-state index contributed by atoms with van der Waals surface area (Å²) in [5, 5.41) is 40.1. The van der Waals surface area contributed by atoms with Crippen LogP contribution in [0.15, 0.2) is 24.3 Å². The van der Waals surface area contributed by atoms with Crippen LogP contribution in [0.2, 0.25) is 0 Å². The van der Waals surface area contributed by atoms with Crippen LogP contribution in [0.25, 0.3) is 0 Å². The third-order valence-corrected chi connectivity index (χ3v) is 11.6. The van der Waals surface area contributed by atoms with E-state index < -0.39 is 43.4 Å². The molecule has 348 valence electrons. The number of unbranched alkanes of at least 4 members (excludes halogenated alkanes) is 28. The highest BCUT2D eigenvalue weighted by atomic mass is 16.7. The molecule has 1 aliphatic rings. The van der Waals surface area contributed by atoms with Crippen molar-refractivity contribution in [2.24, 2.45) is 0 Å². The first-order valence-corrected chi connectivity index (χ1v) is 24.9. The predicted molar refractivity (Wildman–Crippen MR) is 242 cm³/mol. The van der Waals surface area contributed by atoms with Crippen molar-refractivity contribution in [3.8, 4) is 0 Å². The molecule has 1 rings (SSSR count). The van der Waals surface area contributed by atoms with Gasteiger partial charge in [-0.15, -0.1) is 0 Å². The van der Waals surface area contributed by atoms with Crippen molar-refractivity contribution < 1.29 is 44.2 Å². The van der Waals surface area contributed by atoms with Gasteiger partial charge >= 0.3 is 5.97 Å². The monoisotopic (exact) mass is 839 g/mol. The molecule has 0 aromatic carbocycles. The van der Waals surface area contributed by atoms with Gasteiger partial charge in [-0.25, -0.2) is 0 Å². The zero-order chi connectivity index (χ0) is 42.9. The van der Waals surface area contributed by atoms with E-state index in [1.807, 2.05) is 0 Å². The smallest absolute Gasteiger partial charge is 0.306 e. The van der Waals surface area contributed by atoms with E-state index in [9.17, 15) is 25.2 Å². The van der Waals surface area contributed by atoms with Gasteiger partial charge in [0.1, 0.15) is 30.5 Å². The highest BCUT2D eigenvalue weighted by Crippen LogP contribution is 2.23. The molecule has 0 saturated carbocycles. The first-order chi connectivity index (χ1) is 28.9. The van der Waals surface area contributed by atoms with Gasteiger partial charge in [0.25, 0.3) is 0 Å². The Balaban J connectivity index is 2.16. The third-order valence-electron chi connectivity index (χ3n) is 11.6. The molecule has 9 heteroatoms. The Morgan fingerprint density at radius 2 is 0.932 bits per heavy atom. The molecule has 0 aliphatic carbocycles. The van der Waals surface area contributed by atoms with E-state index in [4.69, 9.17) is 18.9 Å². The summed E-state index contributed by atoms with van der Waals surface area (Å²) < 4.78 is 22.8. The molecule has 1 fully saturated rings. The summed E-state index contributed by atoms with van der Waals surface area (Å²) in [6, 6.07) is 0. The average molecular weight is 839 g/mol. The molecular formula is C50H94O9. The van der Waals surface area contributed by atoms with E-state index >= 15 is 0 Å². The van der Waals surface area contributed by atoms with Crippen molar-refractivity contribution >= 4 is 5.97 Å². The number of hydrogen-bond acceptors (Lipinski definition) is 9. The summed E-state index contributed by atoms with van der Waals surface area (Å²) >= 11 is 0. The van der Waals surface area contributed by atoms with Gasteiger partial charge in [0.15, 0.2) is 6.29 Å². The first kappa shape index (κ1) is 55.7. The van der Waals surface area contributed by atoms with Gasteiger partial charge in [0.05, 0.1) is 19.8 Å². The van der Waals surface area contributed by atoms with Crippen molar-refractivity contribution in [2.45, 2.75) is 263 Å². The maximum atomic E-state index is 12.8. The fourth-order valence-corrected chi connectivity index (χ4v) is 7.66. The minimum absolute atomic E-state index is 0.114. The summed E-state index contributed by atoms with van der Waals surface area (Å²) in [5.41, 5.74) is 0. The van der Waals surface area contributed by atoms with Crippen LogP contribution in [0.3, 0.4) is 0 Å². The molecule has 9 nitrogen and oxygen atoms in total. The van der Waals surface area contributed by atoms with E-state index in [-0.39, 0.29) is 19.2 Å². The highest BCUT2D eigenvalue weighted by molar-refractivity contribution is 5.69. The van der Waals surface area contributed by atoms with Crippen LogP contribution < -0.4 is 0 Å². The Kier molecular flexibility index (Phi) is 39.6. The van der Waals surface area contributed by atoms with Gasteiger partial charge in [-0.3, -0.25) is 4.79 Å².